The first kappa shape index (κ1) is 23.4. The number of esters is 1. The van der Waals surface area contributed by atoms with Crippen LogP contribution in [0.2, 0.25) is 0 Å². The van der Waals surface area contributed by atoms with E-state index in [1.807, 2.05) is 79.7 Å². The maximum Gasteiger partial charge on any atom is 0.417 e. The molecule has 1 saturated heterocycles. The molecule has 4 rings (SSSR count). The zero-order chi connectivity index (χ0) is 23.8. The number of nitrogens with one attached hydrogen (secondary N) is 1. The van der Waals surface area contributed by atoms with Crippen molar-refractivity contribution in [2.24, 2.45) is 5.92 Å². The van der Waals surface area contributed by atoms with Gasteiger partial charge in [0, 0.05) is 24.5 Å². The number of para-hydroxylation sites is 1. The van der Waals surface area contributed by atoms with Gasteiger partial charge in [-0.3, -0.25) is 10.1 Å². The highest BCUT2D eigenvalue weighted by atomic mass is 16.6. The van der Waals surface area contributed by atoms with Crippen LogP contribution in [0, 0.1) is 5.92 Å². The largest absolute Gasteiger partial charge is 0.466 e. The molecule has 0 saturated carbocycles. The van der Waals surface area contributed by atoms with E-state index in [4.69, 9.17) is 9.47 Å². The number of benzene rings is 3. The Kier molecular flexibility index (Phi) is 7.81. The third kappa shape index (κ3) is 5.95. The second-order valence-corrected chi connectivity index (χ2v) is 8.34. The Morgan fingerprint density at radius 2 is 1.53 bits per heavy atom. The van der Waals surface area contributed by atoms with Gasteiger partial charge in [0.1, 0.15) is 5.75 Å². The average molecular weight is 459 g/mol. The predicted octanol–water partition coefficient (Wildman–Crippen LogP) is 5.86. The topological polar surface area (TPSA) is 67.9 Å². The molecule has 0 aliphatic carbocycles. The van der Waals surface area contributed by atoms with Crippen molar-refractivity contribution >= 4 is 23.4 Å². The number of carbonyl (C=O) groups is 2. The zero-order valence-electron chi connectivity index (χ0n) is 19.4. The average Bonchev–Trinajstić information content (AvgIpc) is 2.87. The van der Waals surface area contributed by atoms with Crippen molar-refractivity contribution in [1.29, 1.82) is 0 Å². The van der Waals surface area contributed by atoms with Crippen LogP contribution in [0.4, 0.5) is 16.2 Å². The number of rotatable bonds is 7. The van der Waals surface area contributed by atoms with E-state index in [0.29, 0.717) is 18.0 Å². The van der Waals surface area contributed by atoms with E-state index in [2.05, 4.69) is 10.2 Å². The number of piperidine rings is 1. The van der Waals surface area contributed by atoms with E-state index >= 15 is 0 Å². The standard InChI is InChI=1S/C28H30N2O4/c1-2-33-27(31)26(21-9-5-3-6-10-21)22-17-19-30(20-18-22)24-15-13-23(14-16-24)29-28(32)34-25-11-7-4-8-12-25/h3-16,22,26H,2,17-20H2,1H3,(H,29,32). The molecular formula is C28H30N2O4. The molecule has 176 valence electrons. The Bertz CT molecular complexity index is 1060. The lowest BCUT2D eigenvalue weighted by Gasteiger charge is -2.36. The Morgan fingerprint density at radius 1 is 0.912 bits per heavy atom. The van der Waals surface area contributed by atoms with E-state index < -0.39 is 6.09 Å². The van der Waals surface area contributed by atoms with Gasteiger partial charge in [-0.25, -0.2) is 4.79 Å². The fourth-order valence-corrected chi connectivity index (χ4v) is 4.48. The number of anilines is 2. The minimum Gasteiger partial charge on any atom is -0.466 e. The van der Waals surface area contributed by atoms with Crippen LogP contribution in [0.5, 0.6) is 5.75 Å². The summed E-state index contributed by atoms with van der Waals surface area (Å²) in [6.07, 6.45) is 1.29. The van der Waals surface area contributed by atoms with Gasteiger partial charge in [-0.2, -0.15) is 0 Å². The summed E-state index contributed by atoms with van der Waals surface area (Å²) in [6, 6.07) is 26.7. The van der Waals surface area contributed by atoms with Crippen molar-refractivity contribution in [3.63, 3.8) is 0 Å². The van der Waals surface area contributed by atoms with Gasteiger partial charge >= 0.3 is 12.1 Å². The second kappa shape index (κ2) is 11.4. The van der Waals surface area contributed by atoms with Gasteiger partial charge in [0.25, 0.3) is 0 Å². The molecule has 6 heteroatoms. The third-order valence-corrected chi connectivity index (χ3v) is 6.14. The maximum absolute atomic E-state index is 12.8. The molecule has 1 heterocycles. The molecule has 34 heavy (non-hydrogen) atoms. The van der Waals surface area contributed by atoms with E-state index in [0.717, 1.165) is 37.2 Å². The van der Waals surface area contributed by atoms with Crippen LogP contribution >= 0.6 is 0 Å². The highest BCUT2D eigenvalue weighted by Crippen LogP contribution is 2.35. The van der Waals surface area contributed by atoms with E-state index in [9.17, 15) is 9.59 Å². The highest BCUT2D eigenvalue weighted by Gasteiger charge is 2.33. The summed E-state index contributed by atoms with van der Waals surface area (Å²) in [5.41, 5.74) is 2.79. The van der Waals surface area contributed by atoms with Gasteiger partial charge in [-0.05, 0) is 67.6 Å². The third-order valence-electron chi connectivity index (χ3n) is 6.14. The van der Waals surface area contributed by atoms with Gasteiger partial charge in [-0.15, -0.1) is 0 Å². The summed E-state index contributed by atoms with van der Waals surface area (Å²) in [4.78, 5) is 27.2. The SMILES string of the molecule is CCOC(=O)C(c1ccccc1)C1CCN(c2ccc(NC(=O)Oc3ccccc3)cc2)CC1. The molecule has 1 atom stereocenters. The number of amides is 1. The van der Waals surface area contributed by atoms with Crippen molar-refractivity contribution < 1.29 is 19.1 Å². The van der Waals surface area contributed by atoms with Crippen molar-refractivity contribution in [2.45, 2.75) is 25.7 Å². The molecule has 1 aliphatic heterocycles. The minimum absolute atomic E-state index is 0.134. The van der Waals surface area contributed by atoms with E-state index in [1.165, 1.54) is 0 Å². The van der Waals surface area contributed by atoms with Gasteiger partial charge in [0.2, 0.25) is 0 Å². The number of hydrogen-bond donors (Lipinski definition) is 1. The molecule has 0 bridgehead atoms. The fourth-order valence-electron chi connectivity index (χ4n) is 4.48. The summed E-state index contributed by atoms with van der Waals surface area (Å²) in [5, 5.41) is 2.75. The monoisotopic (exact) mass is 458 g/mol. The summed E-state index contributed by atoms with van der Waals surface area (Å²) < 4.78 is 10.7. The first-order valence-electron chi connectivity index (χ1n) is 11.7. The first-order chi connectivity index (χ1) is 16.6. The smallest absolute Gasteiger partial charge is 0.417 e. The number of nitrogens with zero attached hydrogens (tertiary/aromatic N) is 1. The zero-order valence-corrected chi connectivity index (χ0v) is 19.4. The van der Waals surface area contributed by atoms with Gasteiger partial charge < -0.3 is 14.4 Å². The Balaban J connectivity index is 1.34. The highest BCUT2D eigenvalue weighted by molar-refractivity contribution is 5.86. The van der Waals surface area contributed by atoms with Crippen LogP contribution in [-0.2, 0) is 9.53 Å². The molecule has 3 aromatic carbocycles. The maximum atomic E-state index is 12.8. The Labute approximate surface area is 200 Å². The molecule has 0 spiro atoms. The van der Waals surface area contributed by atoms with Gasteiger partial charge in [0.05, 0.1) is 12.5 Å². The molecule has 6 nitrogen and oxygen atoms in total. The van der Waals surface area contributed by atoms with Crippen molar-refractivity contribution in [3.8, 4) is 5.75 Å². The first-order valence-corrected chi connectivity index (χ1v) is 11.7. The summed E-state index contributed by atoms with van der Waals surface area (Å²) in [7, 11) is 0. The van der Waals surface area contributed by atoms with E-state index in [1.54, 1.807) is 12.1 Å². The summed E-state index contributed by atoms with van der Waals surface area (Å²) in [6.45, 7) is 3.95. The van der Waals surface area contributed by atoms with Crippen LogP contribution in [0.15, 0.2) is 84.9 Å². The van der Waals surface area contributed by atoms with Crippen LogP contribution in [0.1, 0.15) is 31.2 Å². The number of carbonyl (C=O) groups excluding carboxylic acids is 2. The van der Waals surface area contributed by atoms with Crippen molar-refractivity contribution in [2.75, 3.05) is 29.9 Å². The lowest BCUT2D eigenvalue weighted by molar-refractivity contribution is -0.146. The number of hydrogen-bond acceptors (Lipinski definition) is 5. The fraction of sp³-hybridized carbons (Fsp3) is 0.286. The second-order valence-electron chi connectivity index (χ2n) is 8.34. The van der Waals surface area contributed by atoms with Gasteiger partial charge in [0.15, 0.2) is 0 Å². The molecule has 1 aliphatic rings. The number of ether oxygens (including phenoxy) is 2. The molecule has 1 N–H and O–H groups in total. The predicted molar refractivity (Wildman–Crippen MR) is 133 cm³/mol. The molecule has 1 unspecified atom stereocenters. The van der Waals surface area contributed by atoms with Crippen LogP contribution < -0.4 is 15.0 Å². The van der Waals surface area contributed by atoms with Crippen molar-refractivity contribution in [1.82, 2.24) is 0 Å². The minimum atomic E-state index is -0.523. The molecule has 1 amide bonds. The Hall–Kier alpha value is -3.80. The quantitative estimate of drug-likeness (QED) is 0.449. The normalized spacial score (nSPS) is 14.8. The van der Waals surface area contributed by atoms with Crippen LogP contribution in [-0.4, -0.2) is 31.8 Å². The molecular weight excluding hydrogens is 428 g/mol. The molecule has 0 radical (unpaired) electrons. The van der Waals surface area contributed by atoms with E-state index in [-0.39, 0.29) is 17.8 Å². The van der Waals surface area contributed by atoms with Crippen molar-refractivity contribution in [3.05, 3.63) is 90.5 Å². The summed E-state index contributed by atoms with van der Waals surface area (Å²) >= 11 is 0. The van der Waals surface area contributed by atoms with Crippen LogP contribution in [0.3, 0.4) is 0 Å². The Morgan fingerprint density at radius 3 is 2.15 bits per heavy atom. The molecule has 3 aromatic rings. The molecule has 1 fully saturated rings. The summed E-state index contributed by atoms with van der Waals surface area (Å²) in [5.74, 6) is 0.373. The lowest BCUT2D eigenvalue weighted by Crippen LogP contribution is -2.37. The lowest BCUT2D eigenvalue weighted by atomic mass is 9.80. The van der Waals surface area contributed by atoms with Crippen LogP contribution in [0.25, 0.3) is 0 Å². The molecule has 0 aromatic heterocycles. The van der Waals surface area contributed by atoms with Gasteiger partial charge in [-0.1, -0.05) is 48.5 Å².